The number of benzene rings is 1. The number of fused-ring (bicyclic) bond motifs is 1. The summed E-state index contributed by atoms with van der Waals surface area (Å²) in [5.74, 6) is 3.26. The molecule has 0 aliphatic heterocycles. The fraction of sp³-hybridized carbons (Fsp3) is 0.611. The van der Waals surface area contributed by atoms with Crippen molar-refractivity contribution in [3.63, 3.8) is 0 Å². The zero-order valence-electron chi connectivity index (χ0n) is 14.2. The first-order valence-corrected chi connectivity index (χ1v) is 8.60. The molecular formula is C18H27N3O2. The minimum Gasteiger partial charge on any atom is -0.493 e. The molecule has 0 amide bonds. The van der Waals surface area contributed by atoms with E-state index in [2.05, 4.69) is 4.57 Å². The third-order valence-electron chi connectivity index (χ3n) is 4.84. The Morgan fingerprint density at radius 3 is 2.48 bits per heavy atom. The molecule has 1 aromatic heterocycles. The zero-order chi connectivity index (χ0) is 16.2. The summed E-state index contributed by atoms with van der Waals surface area (Å²) in [7, 11) is 3.34. The maximum absolute atomic E-state index is 5.74. The molecule has 1 aliphatic rings. The van der Waals surface area contributed by atoms with Crippen LogP contribution in [-0.4, -0.2) is 30.3 Å². The molecule has 1 aromatic carbocycles. The minimum atomic E-state index is 0.561. The van der Waals surface area contributed by atoms with Crippen LogP contribution in [0.1, 0.15) is 50.3 Å². The number of methoxy groups -OCH3 is 2. The Morgan fingerprint density at radius 1 is 1.13 bits per heavy atom. The van der Waals surface area contributed by atoms with Crippen molar-refractivity contribution in [3.8, 4) is 11.5 Å². The van der Waals surface area contributed by atoms with Crippen molar-refractivity contribution in [2.24, 2.45) is 5.73 Å². The molecule has 1 heterocycles. The van der Waals surface area contributed by atoms with Gasteiger partial charge in [-0.25, -0.2) is 4.98 Å². The highest BCUT2D eigenvalue weighted by molar-refractivity contribution is 5.80. The second kappa shape index (κ2) is 7.21. The molecule has 3 rings (SSSR count). The van der Waals surface area contributed by atoms with Gasteiger partial charge < -0.3 is 19.8 Å². The molecule has 5 heteroatoms. The fourth-order valence-electron chi connectivity index (χ4n) is 3.63. The number of aryl methyl sites for hydroxylation is 1. The van der Waals surface area contributed by atoms with E-state index in [0.717, 1.165) is 35.5 Å². The lowest BCUT2D eigenvalue weighted by molar-refractivity contribution is 0.355. The second-order valence-corrected chi connectivity index (χ2v) is 6.29. The number of aromatic nitrogens is 2. The molecular weight excluding hydrogens is 290 g/mol. The van der Waals surface area contributed by atoms with Crippen LogP contribution < -0.4 is 15.2 Å². The van der Waals surface area contributed by atoms with Gasteiger partial charge in [0.25, 0.3) is 0 Å². The van der Waals surface area contributed by atoms with E-state index in [-0.39, 0.29) is 0 Å². The van der Waals surface area contributed by atoms with Crippen LogP contribution in [0, 0.1) is 0 Å². The van der Waals surface area contributed by atoms with Crippen LogP contribution in [0.25, 0.3) is 11.0 Å². The summed E-state index contributed by atoms with van der Waals surface area (Å²) < 4.78 is 13.2. The summed E-state index contributed by atoms with van der Waals surface area (Å²) in [4.78, 5) is 4.96. The lowest BCUT2D eigenvalue weighted by Crippen LogP contribution is -2.14. The van der Waals surface area contributed by atoms with E-state index >= 15 is 0 Å². The molecule has 0 spiro atoms. The number of rotatable bonds is 6. The van der Waals surface area contributed by atoms with E-state index in [4.69, 9.17) is 20.2 Å². The Bertz CT molecular complexity index is 660. The average molecular weight is 317 g/mol. The molecule has 0 radical (unpaired) electrons. The molecule has 1 saturated carbocycles. The summed E-state index contributed by atoms with van der Waals surface area (Å²) in [6.07, 6.45) is 7.38. The van der Waals surface area contributed by atoms with E-state index < -0.39 is 0 Å². The number of nitrogens with two attached hydrogens (primary N) is 1. The number of hydrogen-bond acceptors (Lipinski definition) is 4. The van der Waals surface area contributed by atoms with Crippen molar-refractivity contribution in [1.29, 1.82) is 0 Å². The summed E-state index contributed by atoms with van der Waals surface area (Å²) in [6.45, 7) is 1.60. The van der Waals surface area contributed by atoms with Gasteiger partial charge in [-0.2, -0.15) is 0 Å². The predicted molar refractivity (Wildman–Crippen MR) is 92.3 cm³/mol. The quantitative estimate of drug-likeness (QED) is 0.886. The Kier molecular flexibility index (Phi) is 5.06. The molecule has 0 atom stereocenters. The van der Waals surface area contributed by atoms with E-state index in [1.807, 2.05) is 12.1 Å². The normalized spacial score (nSPS) is 16.0. The Labute approximate surface area is 137 Å². The Hall–Kier alpha value is -1.75. The van der Waals surface area contributed by atoms with Gasteiger partial charge in [0, 0.05) is 24.6 Å². The molecule has 126 valence electrons. The minimum absolute atomic E-state index is 0.561. The number of ether oxygens (including phenoxy) is 2. The molecule has 0 saturated heterocycles. The van der Waals surface area contributed by atoms with E-state index in [1.54, 1.807) is 14.2 Å². The number of imidazole rings is 1. The average Bonchev–Trinajstić information content (AvgIpc) is 2.96. The highest BCUT2D eigenvalue weighted by Crippen LogP contribution is 2.37. The maximum atomic E-state index is 5.74. The van der Waals surface area contributed by atoms with E-state index in [9.17, 15) is 0 Å². The number of hydrogen-bond donors (Lipinski definition) is 1. The molecule has 0 bridgehead atoms. The monoisotopic (exact) mass is 317 g/mol. The first-order valence-electron chi connectivity index (χ1n) is 8.60. The Balaban J connectivity index is 2.09. The van der Waals surface area contributed by atoms with Gasteiger partial charge in [0.2, 0.25) is 0 Å². The number of nitrogens with zero attached hydrogens (tertiary/aromatic N) is 2. The van der Waals surface area contributed by atoms with Crippen LogP contribution in [0.5, 0.6) is 11.5 Å². The van der Waals surface area contributed by atoms with Crippen molar-refractivity contribution in [2.45, 2.75) is 51.0 Å². The van der Waals surface area contributed by atoms with Crippen molar-refractivity contribution >= 4 is 11.0 Å². The fourth-order valence-corrected chi connectivity index (χ4v) is 3.63. The standard InChI is InChI=1S/C18H27N3O2/c1-22-16-11-14-15(12-17(16)23-2)21(10-6-9-19)18(20-14)13-7-4-3-5-8-13/h11-13H,3-10,19H2,1-2H3. The first kappa shape index (κ1) is 16.1. The van der Waals surface area contributed by atoms with Gasteiger partial charge in [-0.15, -0.1) is 0 Å². The van der Waals surface area contributed by atoms with Crippen LogP contribution in [0.15, 0.2) is 12.1 Å². The van der Waals surface area contributed by atoms with Crippen LogP contribution in [-0.2, 0) is 6.54 Å². The van der Waals surface area contributed by atoms with E-state index in [0.29, 0.717) is 12.5 Å². The molecule has 2 N–H and O–H groups in total. The SMILES string of the molecule is COc1cc2nc(C3CCCCC3)n(CCCN)c2cc1OC. The van der Waals surface area contributed by atoms with Gasteiger partial charge in [0.1, 0.15) is 5.82 Å². The zero-order valence-corrected chi connectivity index (χ0v) is 14.2. The lowest BCUT2D eigenvalue weighted by Gasteiger charge is -2.22. The molecule has 23 heavy (non-hydrogen) atoms. The van der Waals surface area contributed by atoms with Crippen LogP contribution >= 0.6 is 0 Å². The summed E-state index contributed by atoms with van der Waals surface area (Å²) in [5.41, 5.74) is 7.85. The molecule has 2 aromatic rings. The predicted octanol–water partition coefficient (Wildman–Crippen LogP) is 3.45. The van der Waals surface area contributed by atoms with Crippen LogP contribution in [0.4, 0.5) is 0 Å². The third kappa shape index (κ3) is 3.15. The largest absolute Gasteiger partial charge is 0.493 e. The summed E-state index contributed by atoms with van der Waals surface area (Å²) >= 11 is 0. The molecule has 1 aliphatic carbocycles. The molecule has 5 nitrogen and oxygen atoms in total. The topological polar surface area (TPSA) is 62.3 Å². The van der Waals surface area contributed by atoms with Crippen molar-refractivity contribution in [1.82, 2.24) is 9.55 Å². The first-order chi connectivity index (χ1) is 11.3. The van der Waals surface area contributed by atoms with Gasteiger partial charge >= 0.3 is 0 Å². The van der Waals surface area contributed by atoms with E-state index in [1.165, 1.54) is 37.9 Å². The van der Waals surface area contributed by atoms with Crippen molar-refractivity contribution in [3.05, 3.63) is 18.0 Å². The van der Waals surface area contributed by atoms with Gasteiger partial charge in [-0.1, -0.05) is 19.3 Å². The maximum Gasteiger partial charge on any atom is 0.163 e. The van der Waals surface area contributed by atoms with Crippen LogP contribution in [0.2, 0.25) is 0 Å². The molecule has 1 fully saturated rings. The Morgan fingerprint density at radius 2 is 1.83 bits per heavy atom. The van der Waals surface area contributed by atoms with Crippen molar-refractivity contribution < 1.29 is 9.47 Å². The third-order valence-corrected chi connectivity index (χ3v) is 4.84. The highest BCUT2D eigenvalue weighted by Gasteiger charge is 2.23. The molecule has 0 unspecified atom stereocenters. The summed E-state index contributed by atoms with van der Waals surface area (Å²) in [6, 6.07) is 4.03. The highest BCUT2D eigenvalue weighted by atomic mass is 16.5. The summed E-state index contributed by atoms with van der Waals surface area (Å²) in [5, 5.41) is 0. The van der Waals surface area contributed by atoms with Gasteiger partial charge in [0.05, 0.1) is 25.3 Å². The van der Waals surface area contributed by atoms with Crippen LogP contribution in [0.3, 0.4) is 0 Å². The lowest BCUT2D eigenvalue weighted by atomic mass is 9.88. The van der Waals surface area contributed by atoms with Crippen molar-refractivity contribution in [2.75, 3.05) is 20.8 Å². The second-order valence-electron chi connectivity index (χ2n) is 6.29. The van der Waals surface area contributed by atoms with Gasteiger partial charge in [0.15, 0.2) is 11.5 Å². The van der Waals surface area contributed by atoms with Gasteiger partial charge in [-0.05, 0) is 25.8 Å². The smallest absolute Gasteiger partial charge is 0.163 e. The van der Waals surface area contributed by atoms with Gasteiger partial charge in [-0.3, -0.25) is 0 Å².